The van der Waals surface area contributed by atoms with Crippen LogP contribution in [-0.4, -0.2) is 34.5 Å². The minimum Gasteiger partial charge on any atom is -0.390 e. The Hall–Kier alpha value is -0.980. The Morgan fingerprint density at radius 3 is 3.15 bits per heavy atom. The second kappa shape index (κ2) is 3.06. The standard InChI is InChI=1S/C7H10N4OS/c1-10-3-6-8-5(4-12)2-7(13)11(6)9-10/h2-3,9,12-13H,4H2,1H3. The van der Waals surface area contributed by atoms with Gasteiger partial charge in [0.25, 0.3) is 0 Å². The van der Waals surface area contributed by atoms with Gasteiger partial charge in [-0.1, -0.05) is 0 Å². The summed E-state index contributed by atoms with van der Waals surface area (Å²) in [5, 5.41) is 13.1. The Balaban J connectivity index is 2.33. The van der Waals surface area contributed by atoms with Crippen LogP contribution in [0.3, 0.4) is 0 Å². The molecule has 0 unspecified atom stereocenters. The van der Waals surface area contributed by atoms with E-state index < -0.39 is 0 Å². The summed E-state index contributed by atoms with van der Waals surface area (Å²) in [4.78, 5) is 4.19. The van der Waals surface area contributed by atoms with Gasteiger partial charge in [-0.3, -0.25) is 5.01 Å². The summed E-state index contributed by atoms with van der Waals surface area (Å²) in [5.74, 6) is 0.735. The predicted octanol–water partition coefficient (Wildman–Crippen LogP) is -0.330. The molecule has 2 aliphatic heterocycles. The lowest BCUT2D eigenvalue weighted by atomic mass is 10.3. The number of rotatable bonds is 1. The van der Waals surface area contributed by atoms with Crippen LogP contribution in [0.4, 0.5) is 0 Å². The molecule has 0 aromatic carbocycles. The van der Waals surface area contributed by atoms with Crippen LogP contribution in [0, 0.1) is 0 Å². The quantitative estimate of drug-likeness (QED) is 0.505. The average molecular weight is 198 g/mol. The molecule has 0 saturated carbocycles. The summed E-state index contributed by atoms with van der Waals surface area (Å²) in [7, 11) is 1.86. The number of fused-ring (bicyclic) bond motifs is 1. The fourth-order valence-electron chi connectivity index (χ4n) is 1.19. The molecule has 5 nitrogen and oxygen atoms in total. The lowest BCUT2D eigenvalue weighted by Gasteiger charge is -2.23. The average Bonchev–Trinajstić information content (AvgIpc) is 2.46. The summed E-state index contributed by atoms with van der Waals surface area (Å²) in [5.41, 5.74) is 3.61. The van der Waals surface area contributed by atoms with E-state index in [1.54, 1.807) is 16.1 Å². The molecule has 0 bridgehead atoms. The predicted molar refractivity (Wildman–Crippen MR) is 52.4 cm³/mol. The van der Waals surface area contributed by atoms with Gasteiger partial charge in [0.1, 0.15) is 0 Å². The molecule has 0 atom stereocenters. The summed E-state index contributed by atoms with van der Waals surface area (Å²) in [6.07, 6.45) is 3.53. The van der Waals surface area contributed by atoms with Crippen molar-refractivity contribution in [2.45, 2.75) is 0 Å². The molecule has 0 aromatic rings. The maximum Gasteiger partial charge on any atom is 0.167 e. The van der Waals surface area contributed by atoms with Gasteiger partial charge >= 0.3 is 0 Å². The Bertz CT molecular complexity index is 322. The van der Waals surface area contributed by atoms with Crippen molar-refractivity contribution in [3.8, 4) is 0 Å². The number of hydrogen-bond acceptors (Lipinski definition) is 6. The van der Waals surface area contributed by atoms with Crippen molar-refractivity contribution in [2.75, 3.05) is 13.7 Å². The van der Waals surface area contributed by atoms with Crippen LogP contribution in [-0.2, 0) is 0 Å². The minimum absolute atomic E-state index is 0.0705. The largest absolute Gasteiger partial charge is 0.390 e. The van der Waals surface area contributed by atoms with Crippen LogP contribution in [0.25, 0.3) is 0 Å². The molecular weight excluding hydrogens is 188 g/mol. The first-order chi connectivity index (χ1) is 6.20. The van der Waals surface area contributed by atoms with Gasteiger partial charge in [-0.25, -0.2) is 10.0 Å². The Kier molecular flexibility index (Phi) is 2.03. The molecule has 0 amide bonds. The zero-order chi connectivity index (χ0) is 9.42. The topological polar surface area (TPSA) is 51.1 Å². The smallest absolute Gasteiger partial charge is 0.167 e. The second-order valence-corrected chi connectivity index (χ2v) is 3.26. The highest BCUT2D eigenvalue weighted by atomic mass is 32.1. The molecule has 0 radical (unpaired) electrons. The summed E-state index contributed by atoms with van der Waals surface area (Å²) < 4.78 is 0. The van der Waals surface area contributed by atoms with Crippen LogP contribution in [0.5, 0.6) is 0 Å². The van der Waals surface area contributed by atoms with Crippen LogP contribution in [0.1, 0.15) is 0 Å². The van der Waals surface area contributed by atoms with Crippen LogP contribution in [0.2, 0.25) is 0 Å². The lowest BCUT2D eigenvalue weighted by Crippen LogP contribution is -2.38. The fraction of sp³-hybridized carbons (Fsp3) is 0.286. The minimum atomic E-state index is -0.0705. The third-order valence-electron chi connectivity index (χ3n) is 1.74. The fourth-order valence-corrected chi connectivity index (χ4v) is 1.49. The first-order valence-electron chi connectivity index (χ1n) is 3.81. The van der Waals surface area contributed by atoms with E-state index in [4.69, 9.17) is 5.11 Å². The van der Waals surface area contributed by atoms with Gasteiger partial charge in [0.05, 0.1) is 23.5 Å². The van der Waals surface area contributed by atoms with Crippen molar-refractivity contribution in [2.24, 2.45) is 4.99 Å². The van der Waals surface area contributed by atoms with E-state index in [2.05, 4.69) is 23.2 Å². The van der Waals surface area contributed by atoms with Gasteiger partial charge in [-0.15, -0.1) is 18.2 Å². The molecule has 2 aliphatic rings. The Morgan fingerprint density at radius 2 is 2.46 bits per heavy atom. The molecule has 6 heteroatoms. The van der Waals surface area contributed by atoms with Crippen LogP contribution in [0.15, 0.2) is 28.1 Å². The maximum absolute atomic E-state index is 8.91. The molecule has 2 heterocycles. The maximum atomic E-state index is 8.91. The van der Waals surface area contributed by atoms with E-state index in [1.807, 2.05) is 13.2 Å². The summed E-state index contributed by atoms with van der Waals surface area (Å²) in [6, 6.07) is 0. The number of nitrogens with zero attached hydrogens (tertiary/aromatic N) is 3. The summed E-state index contributed by atoms with van der Waals surface area (Å²) >= 11 is 4.25. The van der Waals surface area contributed by atoms with Gasteiger partial charge in [-0.05, 0) is 6.08 Å². The number of aliphatic hydroxyl groups excluding tert-OH is 1. The number of hydrogen-bond donors (Lipinski definition) is 3. The van der Waals surface area contributed by atoms with E-state index in [9.17, 15) is 0 Å². The van der Waals surface area contributed by atoms with Gasteiger partial charge in [0.15, 0.2) is 5.82 Å². The van der Waals surface area contributed by atoms with E-state index in [0.29, 0.717) is 5.71 Å². The van der Waals surface area contributed by atoms with Gasteiger partial charge in [0.2, 0.25) is 0 Å². The van der Waals surface area contributed by atoms with Gasteiger partial charge in [-0.2, -0.15) is 0 Å². The number of nitrogens with one attached hydrogen (secondary N) is 1. The number of aliphatic imine (C=N–C) groups is 1. The Labute approximate surface area is 81.4 Å². The number of aliphatic hydroxyl groups is 1. The van der Waals surface area contributed by atoms with Crippen molar-refractivity contribution in [3.05, 3.63) is 23.1 Å². The van der Waals surface area contributed by atoms with Crippen molar-refractivity contribution >= 4 is 18.3 Å². The highest BCUT2D eigenvalue weighted by Crippen LogP contribution is 2.23. The molecule has 0 aromatic heterocycles. The first-order valence-corrected chi connectivity index (χ1v) is 4.25. The zero-order valence-corrected chi connectivity index (χ0v) is 7.99. The lowest BCUT2D eigenvalue weighted by molar-refractivity contribution is 0.198. The van der Waals surface area contributed by atoms with E-state index in [0.717, 1.165) is 10.9 Å². The molecule has 0 spiro atoms. The van der Waals surface area contributed by atoms with Crippen molar-refractivity contribution < 1.29 is 5.11 Å². The van der Waals surface area contributed by atoms with Crippen molar-refractivity contribution in [1.82, 2.24) is 15.6 Å². The van der Waals surface area contributed by atoms with E-state index in [-0.39, 0.29) is 6.61 Å². The third kappa shape index (κ3) is 1.43. The second-order valence-electron chi connectivity index (χ2n) is 2.80. The van der Waals surface area contributed by atoms with Crippen molar-refractivity contribution in [1.29, 1.82) is 0 Å². The molecule has 2 rings (SSSR count). The molecule has 0 fully saturated rings. The van der Waals surface area contributed by atoms with Crippen molar-refractivity contribution in [3.63, 3.8) is 0 Å². The SMILES string of the molecule is CN1C=C2N=C(CO)C=C(S)N2N1. The van der Waals surface area contributed by atoms with Gasteiger partial charge < -0.3 is 5.11 Å². The molecule has 0 aliphatic carbocycles. The highest BCUT2D eigenvalue weighted by Gasteiger charge is 2.23. The third-order valence-corrected chi connectivity index (χ3v) is 2.07. The molecule has 0 saturated heterocycles. The first kappa shape index (κ1) is 8.61. The summed E-state index contributed by atoms with van der Waals surface area (Å²) in [6.45, 7) is -0.0705. The normalized spacial score (nSPS) is 21.0. The Morgan fingerprint density at radius 1 is 1.69 bits per heavy atom. The molecule has 2 N–H and O–H groups in total. The number of hydrazine groups is 2. The van der Waals surface area contributed by atoms with Gasteiger partial charge in [0, 0.05) is 7.05 Å². The van der Waals surface area contributed by atoms with E-state index in [1.165, 1.54) is 0 Å². The zero-order valence-electron chi connectivity index (χ0n) is 7.10. The molecule has 13 heavy (non-hydrogen) atoms. The monoisotopic (exact) mass is 198 g/mol. The molecule has 70 valence electrons. The van der Waals surface area contributed by atoms with Crippen LogP contribution >= 0.6 is 12.6 Å². The van der Waals surface area contributed by atoms with E-state index >= 15 is 0 Å². The number of thiol groups is 1. The molecular formula is C7H10N4OS. The van der Waals surface area contributed by atoms with Crippen LogP contribution < -0.4 is 5.53 Å². The highest BCUT2D eigenvalue weighted by molar-refractivity contribution is 7.84.